The zero-order chi connectivity index (χ0) is 42.6. The van der Waals surface area contributed by atoms with E-state index in [1.165, 1.54) is 10.8 Å². The summed E-state index contributed by atoms with van der Waals surface area (Å²) in [6, 6.07) is 7.80. The van der Waals surface area contributed by atoms with E-state index in [9.17, 15) is 24.5 Å². The third kappa shape index (κ3) is 20.0. The number of carbonyl (C=O) groups excluding carboxylic acids is 1. The smallest absolute Gasteiger partial charge is 0.413 e. The fourth-order valence-corrected chi connectivity index (χ4v) is 7.06. The molecule has 1 unspecified atom stereocenters. The molecular weight excluding hydrogens is 771 g/mol. The number of hydrogen-bond donors (Lipinski definition) is 3. The minimum absolute atomic E-state index is 0.0267. The first-order chi connectivity index (χ1) is 28.6. The van der Waals surface area contributed by atoms with Gasteiger partial charge in [0.15, 0.2) is 0 Å². The van der Waals surface area contributed by atoms with Crippen molar-refractivity contribution in [3.8, 4) is 5.75 Å². The van der Waals surface area contributed by atoms with Gasteiger partial charge in [0, 0.05) is 55.7 Å². The fraction of sp³-hybridized carbons (Fsp3) is 0.465. The summed E-state index contributed by atoms with van der Waals surface area (Å²) in [6.45, 7) is 5.10. The Labute approximate surface area is 347 Å². The number of nitrogens with zero attached hydrogens (tertiary/aromatic N) is 5. The number of nitrogens with one attached hydrogen (secondary N) is 3. The highest BCUT2D eigenvalue weighted by Crippen LogP contribution is 2.45. The van der Waals surface area contributed by atoms with Crippen molar-refractivity contribution >= 4 is 13.7 Å². The van der Waals surface area contributed by atoms with Crippen LogP contribution < -0.4 is 26.2 Å². The van der Waals surface area contributed by atoms with Gasteiger partial charge >= 0.3 is 13.4 Å². The van der Waals surface area contributed by atoms with Gasteiger partial charge in [-0.05, 0) is 76.6 Å². The van der Waals surface area contributed by atoms with Crippen LogP contribution in [0.25, 0.3) is 10.4 Å². The molecule has 15 nitrogen and oxygen atoms in total. The number of amides is 1. The molecule has 0 spiro atoms. The van der Waals surface area contributed by atoms with Crippen LogP contribution in [0.3, 0.4) is 0 Å². The van der Waals surface area contributed by atoms with E-state index in [1.54, 1.807) is 37.3 Å². The van der Waals surface area contributed by atoms with E-state index in [2.05, 4.69) is 99.2 Å². The Hall–Kier alpha value is -5.01. The zero-order valence-electron chi connectivity index (χ0n) is 34.6. The van der Waals surface area contributed by atoms with Gasteiger partial charge in [0.05, 0.1) is 18.8 Å². The van der Waals surface area contributed by atoms with Gasteiger partial charge in [-0.15, -0.1) is 0 Å². The number of carbonyl (C=O) groups is 1. The van der Waals surface area contributed by atoms with Crippen LogP contribution in [-0.4, -0.2) is 72.3 Å². The second kappa shape index (κ2) is 28.4. The molecule has 1 saturated heterocycles. The Morgan fingerprint density at radius 1 is 0.966 bits per heavy atom. The Morgan fingerprint density at radius 2 is 1.56 bits per heavy atom. The normalized spacial score (nSPS) is 18.3. The summed E-state index contributed by atoms with van der Waals surface area (Å²) in [7, 11) is -2.11. The lowest BCUT2D eigenvalue weighted by Gasteiger charge is -2.24. The van der Waals surface area contributed by atoms with Gasteiger partial charge in [-0.25, -0.2) is 14.4 Å². The summed E-state index contributed by atoms with van der Waals surface area (Å²) in [4.78, 5) is 43.8. The number of aryl methyl sites for hydroxylation is 1. The van der Waals surface area contributed by atoms with Crippen molar-refractivity contribution in [3.63, 3.8) is 0 Å². The highest BCUT2D eigenvalue weighted by atomic mass is 31.2. The highest BCUT2D eigenvalue weighted by Gasteiger charge is 2.39. The number of ether oxygens (including phenoxy) is 1. The van der Waals surface area contributed by atoms with E-state index >= 15 is 0 Å². The SMILES string of the molecule is CC/C=C\C/C=C\C/C=C\C/C=C\C/C=C\C/C=C\CCC(=O)NCCN(C)CCNP(=O)(OC[C@H]1O[C@H](n2cc(C)c(=O)[nH]c2=O)C[C@@H]1N=[N+]=[N-])Oc1ccccc1. The second-order valence-corrected chi connectivity index (χ2v) is 15.6. The molecule has 0 saturated carbocycles. The number of aromatic amines is 1. The predicted molar refractivity (Wildman–Crippen MR) is 234 cm³/mol. The summed E-state index contributed by atoms with van der Waals surface area (Å²) in [5.74, 6) is 0.289. The van der Waals surface area contributed by atoms with Crippen molar-refractivity contribution < 1.29 is 23.1 Å². The number of aromatic nitrogens is 2. The summed E-state index contributed by atoms with van der Waals surface area (Å²) in [6.07, 6.45) is 32.4. The van der Waals surface area contributed by atoms with Crippen LogP contribution in [0.15, 0.2) is 124 Å². The zero-order valence-corrected chi connectivity index (χ0v) is 35.5. The maximum absolute atomic E-state index is 14.0. The van der Waals surface area contributed by atoms with Crippen LogP contribution in [-0.2, 0) is 18.6 Å². The van der Waals surface area contributed by atoms with Crippen LogP contribution in [0.2, 0.25) is 0 Å². The van der Waals surface area contributed by atoms with E-state index in [0.717, 1.165) is 38.5 Å². The van der Waals surface area contributed by atoms with Gasteiger partial charge in [-0.1, -0.05) is 103 Å². The maximum Gasteiger partial charge on any atom is 0.458 e. The first-order valence-electron chi connectivity index (χ1n) is 20.2. The number of likely N-dealkylation sites (N-methyl/N-ethyl adjacent to an activating group) is 1. The molecule has 59 heavy (non-hydrogen) atoms. The molecule has 0 bridgehead atoms. The number of H-pyrrole nitrogens is 1. The van der Waals surface area contributed by atoms with Crippen molar-refractivity contribution in [1.29, 1.82) is 0 Å². The number of benzene rings is 1. The highest BCUT2D eigenvalue weighted by molar-refractivity contribution is 7.52. The molecule has 2 aromatic rings. The number of rotatable bonds is 28. The molecular formula is C43H61N8O7P. The average molecular weight is 833 g/mol. The van der Waals surface area contributed by atoms with E-state index in [4.69, 9.17) is 13.8 Å². The first-order valence-corrected chi connectivity index (χ1v) is 21.8. The van der Waals surface area contributed by atoms with Crippen molar-refractivity contribution in [2.24, 2.45) is 5.11 Å². The van der Waals surface area contributed by atoms with Crippen LogP contribution in [0.1, 0.15) is 76.5 Å². The monoisotopic (exact) mass is 832 g/mol. The lowest BCUT2D eigenvalue weighted by atomic mass is 10.1. The molecule has 1 fully saturated rings. The molecule has 1 amide bonds. The van der Waals surface area contributed by atoms with E-state index < -0.39 is 37.4 Å². The molecule has 3 rings (SSSR count). The van der Waals surface area contributed by atoms with E-state index in [-0.39, 0.29) is 25.5 Å². The topological polar surface area (TPSA) is 193 Å². The minimum Gasteiger partial charge on any atom is -0.413 e. The Bertz CT molecular complexity index is 1950. The van der Waals surface area contributed by atoms with Gasteiger partial charge in [0.25, 0.3) is 5.56 Å². The predicted octanol–water partition coefficient (Wildman–Crippen LogP) is 8.13. The Kier molecular flexibility index (Phi) is 23.3. The summed E-state index contributed by atoms with van der Waals surface area (Å²) >= 11 is 0. The van der Waals surface area contributed by atoms with Crippen molar-refractivity contribution in [1.82, 2.24) is 24.9 Å². The molecule has 1 aromatic carbocycles. The van der Waals surface area contributed by atoms with Gasteiger partial charge in [0.1, 0.15) is 12.0 Å². The average Bonchev–Trinajstić information content (AvgIpc) is 3.62. The molecule has 1 aliphatic rings. The first kappa shape index (κ1) is 48.4. The Balaban J connectivity index is 1.34. The summed E-state index contributed by atoms with van der Waals surface area (Å²) < 4.78 is 32.9. The lowest BCUT2D eigenvalue weighted by Crippen LogP contribution is -2.36. The van der Waals surface area contributed by atoms with Gasteiger partial charge in [-0.2, -0.15) is 0 Å². The number of azide groups is 1. The molecule has 0 radical (unpaired) electrons. The van der Waals surface area contributed by atoms with Gasteiger partial charge < -0.3 is 19.5 Å². The largest absolute Gasteiger partial charge is 0.458 e. The molecule has 1 aliphatic heterocycles. The number of hydrogen-bond acceptors (Lipinski definition) is 9. The fourth-order valence-electron chi connectivity index (χ4n) is 5.74. The van der Waals surface area contributed by atoms with Crippen LogP contribution in [0, 0.1) is 6.92 Å². The van der Waals surface area contributed by atoms with E-state index in [0.29, 0.717) is 43.8 Å². The van der Waals surface area contributed by atoms with Crippen LogP contribution in [0.5, 0.6) is 5.75 Å². The molecule has 4 atom stereocenters. The Morgan fingerprint density at radius 3 is 2.17 bits per heavy atom. The van der Waals surface area contributed by atoms with Crippen molar-refractivity contribution in [2.75, 3.05) is 39.8 Å². The molecule has 0 aliphatic carbocycles. The van der Waals surface area contributed by atoms with Crippen LogP contribution >= 0.6 is 7.75 Å². The third-order valence-electron chi connectivity index (χ3n) is 8.99. The lowest BCUT2D eigenvalue weighted by molar-refractivity contribution is -0.121. The third-order valence-corrected chi connectivity index (χ3v) is 10.5. The molecule has 1 aromatic heterocycles. The second-order valence-electron chi connectivity index (χ2n) is 13.8. The number of allylic oxidation sites excluding steroid dienone is 12. The summed E-state index contributed by atoms with van der Waals surface area (Å²) in [5, 5.41) is 9.65. The number of para-hydroxylation sites is 1. The maximum atomic E-state index is 14.0. The molecule has 3 N–H and O–H groups in total. The van der Waals surface area contributed by atoms with E-state index in [1.807, 2.05) is 18.0 Å². The van der Waals surface area contributed by atoms with Crippen molar-refractivity contribution in [2.45, 2.75) is 90.0 Å². The molecule has 16 heteroatoms. The molecule has 2 heterocycles. The van der Waals surface area contributed by atoms with Crippen molar-refractivity contribution in [3.05, 3.63) is 146 Å². The van der Waals surface area contributed by atoms with Crippen LogP contribution in [0.4, 0.5) is 0 Å². The minimum atomic E-state index is -3.99. The van der Waals surface area contributed by atoms with Gasteiger partial charge in [-0.3, -0.25) is 23.7 Å². The standard InChI is InChI=1S/C43H61N8O7P/c1-4-5-6-7-8-9-10-11-12-13-14-15-16-17-18-19-20-21-25-28-40(52)45-29-31-50(3)32-30-46-59(55,58-37-26-23-22-24-27-37)56-35-39-38(48-49-44)33-41(57-39)51-34-36(2)42(53)47-43(51)54/h5-6,8-9,11-12,14-15,17-18,20-24,26-27,34,38-39,41H,4,7,10,13,16,19,25,28-33,35H2,1-3H3,(H,45,52)(H,46,55)(H,47,53,54)/b6-5-,9-8-,12-11-,15-14-,18-17-,21-20-/t38-,39+,41-,59?/m0/s1. The van der Waals surface area contributed by atoms with Gasteiger partial charge in [0.2, 0.25) is 5.91 Å². The quantitative estimate of drug-likeness (QED) is 0.0250. The molecule has 320 valence electrons. The summed E-state index contributed by atoms with van der Waals surface area (Å²) in [5.41, 5.74) is 8.30.